The van der Waals surface area contributed by atoms with Crippen LogP contribution < -0.4 is 5.32 Å². The maximum atomic E-state index is 13.5. The van der Waals surface area contributed by atoms with Gasteiger partial charge in [0.25, 0.3) is 0 Å². The summed E-state index contributed by atoms with van der Waals surface area (Å²) in [5, 5.41) is 2.95. The summed E-state index contributed by atoms with van der Waals surface area (Å²) in [4.78, 5) is 2.31. The number of hydrogen-bond donors (Lipinski definition) is 1. The van der Waals surface area contributed by atoms with E-state index in [1.54, 1.807) is 0 Å². The van der Waals surface area contributed by atoms with E-state index in [-0.39, 0.29) is 11.7 Å². The van der Waals surface area contributed by atoms with Crippen LogP contribution in [0.3, 0.4) is 0 Å². The van der Waals surface area contributed by atoms with Crippen LogP contribution in [0.2, 0.25) is 0 Å². The van der Waals surface area contributed by atoms with Crippen molar-refractivity contribution in [2.45, 2.75) is 25.8 Å². The van der Waals surface area contributed by atoms with Gasteiger partial charge in [-0.05, 0) is 31.5 Å². The lowest BCUT2D eigenvalue weighted by molar-refractivity contribution is 0.229. The van der Waals surface area contributed by atoms with Crippen molar-refractivity contribution in [2.75, 3.05) is 25.0 Å². The summed E-state index contributed by atoms with van der Waals surface area (Å²) in [7, 11) is 0. The van der Waals surface area contributed by atoms with E-state index in [0.29, 0.717) is 0 Å². The Hall–Kier alpha value is -1.23. The predicted octanol–water partition coefficient (Wildman–Crippen LogP) is 3.00. The maximum absolute atomic E-state index is 13.5. The molecule has 0 bridgehead atoms. The van der Waals surface area contributed by atoms with Crippen molar-refractivity contribution in [3.63, 3.8) is 0 Å². The molecule has 1 aromatic rings. The predicted molar refractivity (Wildman–Crippen MR) is 65.1 cm³/mol. The van der Waals surface area contributed by atoms with E-state index in [9.17, 15) is 13.2 Å². The summed E-state index contributed by atoms with van der Waals surface area (Å²) < 4.78 is 39.3. The topological polar surface area (TPSA) is 15.3 Å². The van der Waals surface area contributed by atoms with E-state index < -0.39 is 17.5 Å². The van der Waals surface area contributed by atoms with Crippen molar-refractivity contribution in [3.05, 3.63) is 29.6 Å². The van der Waals surface area contributed by atoms with Crippen molar-refractivity contribution in [2.24, 2.45) is 0 Å². The van der Waals surface area contributed by atoms with E-state index in [0.717, 1.165) is 38.5 Å². The van der Waals surface area contributed by atoms with Gasteiger partial charge in [0, 0.05) is 19.1 Å². The Morgan fingerprint density at radius 2 is 1.83 bits per heavy atom. The number of benzene rings is 1. The van der Waals surface area contributed by atoms with Gasteiger partial charge in [-0.3, -0.25) is 0 Å². The van der Waals surface area contributed by atoms with Gasteiger partial charge >= 0.3 is 0 Å². The minimum atomic E-state index is -1.41. The van der Waals surface area contributed by atoms with Gasteiger partial charge in [-0.2, -0.15) is 0 Å². The highest BCUT2D eigenvalue weighted by molar-refractivity contribution is 5.46. The fourth-order valence-corrected chi connectivity index (χ4v) is 2.25. The van der Waals surface area contributed by atoms with Gasteiger partial charge in [-0.15, -0.1) is 0 Å². The monoisotopic (exact) mass is 258 g/mol. The standard InChI is InChI=1S/C13H17F3N2/c1-2-18-7-5-9(6-8-18)17-11-4-3-10(14)12(15)13(11)16/h3-4,9,17H,2,5-8H2,1H3. The molecule has 2 nitrogen and oxygen atoms in total. The first kappa shape index (κ1) is 13.2. The van der Waals surface area contributed by atoms with Crippen molar-refractivity contribution >= 4 is 5.69 Å². The smallest absolute Gasteiger partial charge is 0.196 e. The number of piperidine rings is 1. The number of likely N-dealkylation sites (tertiary alicyclic amines) is 1. The molecular weight excluding hydrogens is 241 g/mol. The third-order valence-electron chi connectivity index (χ3n) is 3.43. The lowest BCUT2D eigenvalue weighted by Gasteiger charge is -2.32. The molecule has 1 fully saturated rings. The van der Waals surface area contributed by atoms with Crippen LogP contribution in [0.1, 0.15) is 19.8 Å². The Labute approximate surface area is 105 Å². The van der Waals surface area contributed by atoms with Crippen molar-refractivity contribution in [1.82, 2.24) is 4.90 Å². The fourth-order valence-electron chi connectivity index (χ4n) is 2.25. The molecule has 0 unspecified atom stereocenters. The zero-order chi connectivity index (χ0) is 13.1. The van der Waals surface area contributed by atoms with Gasteiger partial charge in [0.1, 0.15) is 0 Å². The molecule has 1 aromatic carbocycles. The number of nitrogens with one attached hydrogen (secondary N) is 1. The first-order valence-corrected chi connectivity index (χ1v) is 6.24. The van der Waals surface area contributed by atoms with Crippen LogP contribution in [0.25, 0.3) is 0 Å². The molecule has 18 heavy (non-hydrogen) atoms. The van der Waals surface area contributed by atoms with Gasteiger partial charge in [-0.25, -0.2) is 13.2 Å². The van der Waals surface area contributed by atoms with Crippen LogP contribution >= 0.6 is 0 Å². The number of rotatable bonds is 3. The van der Waals surface area contributed by atoms with Crippen molar-refractivity contribution in [3.8, 4) is 0 Å². The minimum Gasteiger partial charge on any atom is -0.380 e. The fraction of sp³-hybridized carbons (Fsp3) is 0.538. The molecule has 1 N–H and O–H groups in total. The zero-order valence-electron chi connectivity index (χ0n) is 10.3. The van der Waals surface area contributed by atoms with Crippen LogP contribution in [0.4, 0.5) is 18.9 Å². The first-order valence-electron chi connectivity index (χ1n) is 6.24. The van der Waals surface area contributed by atoms with Crippen LogP contribution in [0.5, 0.6) is 0 Å². The SMILES string of the molecule is CCN1CCC(Nc2ccc(F)c(F)c2F)CC1. The molecular formula is C13H17F3N2. The Morgan fingerprint density at radius 3 is 2.44 bits per heavy atom. The average molecular weight is 258 g/mol. The third-order valence-corrected chi connectivity index (χ3v) is 3.43. The van der Waals surface area contributed by atoms with Crippen molar-refractivity contribution in [1.29, 1.82) is 0 Å². The Morgan fingerprint density at radius 1 is 1.17 bits per heavy atom. The van der Waals surface area contributed by atoms with E-state index in [2.05, 4.69) is 17.1 Å². The normalized spacial score (nSPS) is 18.0. The molecule has 1 aliphatic rings. The molecule has 0 aliphatic carbocycles. The molecule has 5 heteroatoms. The van der Waals surface area contributed by atoms with E-state index >= 15 is 0 Å². The summed E-state index contributed by atoms with van der Waals surface area (Å²) in [6, 6.07) is 2.31. The van der Waals surface area contributed by atoms with Gasteiger partial charge in [0.15, 0.2) is 17.5 Å². The zero-order valence-corrected chi connectivity index (χ0v) is 10.3. The molecule has 0 atom stereocenters. The number of anilines is 1. The second-order valence-corrected chi connectivity index (χ2v) is 4.58. The summed E-state index contributed by atoms with van der Waals surface area (Å²) in [5.41, 5.74) is 0.0452. The third kappa shape index (κ3) is 2.77. The summed E-state index contributed by atoms with van der Waals surface area (Å²) in [6.07, 6.45) is 1.76. The second-order valence-electron chi connectivity index (χ2n) is 4.58. The van der Waals surface area contributed by atoms with Gasteiger partial charge in [0.05, 0.1) is 5.69 Å². The highest BCUT2D eigenvalue weighted by Gasteiger charge is 2.20. The van der Waals surface area contributed by atoms with E-state index in [1.807, 2.05) is 0 Å². The molecule has 0 amide bonds. The maximum Gasteiger partial charge on any atom is 0.196 e. The molecule has 0 radical (unpaired) electrons. The molecule has 1 heterocycles. The van der Waals surface area contributed by atoms with Crippen LogP contribution in [-0.2, 0) is 0 Å². The molecule has 0 spiro atoms. The number of hydrogen-bond acceptors (Lipinski definition) is 2. The molecule has 0 saturated carbocycles. The highest BCUT2D eigenvalue weighted by Crippen LogP contribution is 2.22. The lowest BCUT2D eigenvalue weighted by Crippen LogP contribution is -2.39. The minimum absolute atomic E-state index is 0.0452. The molecule has 100 valence electrons. The molecule has 2 rings (SSSR count). The summed E-state index contributed by atoms with van der Waals surface area (Å²) >= 11 is 0. The lowest BCUT2D eigenvalue weighted by atomic mass is 10.0. The molecule has 1 saturated heterocycles. The Balaban J connectivity index is 2.00. The van der Waals surface area contributed by atoms with Gasteiger partial charge in [0.2, 0.25) is 0 Å². The van der Waals surface area contributed by atoms with Crippen LogP contribution in [0, 0.1) is 17.5 Å². The summed E-state index contributed by atoms with van der Waals surface area (Å²) in [6.45, 7) is 4.99. The van der Waals surface area contributed by atoms with Gasteiger partial charge < -0.3 is 10.2 Å². The Bertz CT molecular complexity index is 415. The summed E-state index contributed by atoms with van der Waals surface area (Å²) in [5.74, 6) is -3.70. The highest BCUT2D eigenvalue weighted by atomic mass is 19.2. The number of nitrogens with zero attached hydrogens (tertiary/aromatic N) is 1. The second kappa shape index (κ2) is 5.61. The quantitative estimate of drug-likeness (QED) is 0.838. The van der Waals surface area contributed by atoms with E-state index in [1.165, 1.54) is 6.07 Å². The van der Waals surface area contributed by atoms with Gasteiger partial charge in [-0.1, -0.05) is 6.92 Å². The first-order chi connectivity index (χ1) is 8.61. The molecule has 0 aromatic heterocycles. The van der Waals surface area contributed by atoms with Crippen LogP contribution in [0.15, 0.2) is 12.1 Å². The van der Waals surface area contributed by atoms with E-state index in [4.69, 9.17) is 0 Å². The Kier molecular flexibility index (Phi) is 4.11. The molecule has 1 aliphatic heterocycles. The average Bonchev–Trinajstić information content (AvgIpc) is 2.40. The van der Waals surface area contributed by atoms with Crippen LogP contribution in [-0.4, -0.2) is 30.6 Å². The largest absolute Gasteiger partial charge is 0.380 e. The number of halogens is 3. The van der Waals surface area contributed by atoms with Crippen molar-refractivity contribution < 1.29 is 13.2 Å².